The first-order chi connectivity index (χ1) is 9.24. The van der Waals surface area contributed by atoms with E-state index in [2.05, 4.69) is 5.10 Å². The number of hydrogen-bond donors (Lipinski definition) is 1. The summed E-state index contributed by atoms with van der Waals surface area (Å²) in [6, 6.07) is 15.9. The molecule has 0 saturated carbocycles. The highest BCUT2D eigenvalue weighted by atomic mass is 19.1. The van der Waals surface area contributed by atoms with E-state index in [0.717, 1.165) is 5.56 Å². The number of nitrogens with zero attached hydrogens (tertiary/aromatic N) is 2. The van der Waals surface area contributed by atoms with E-state index in [1.54, 1.807) is 23.0 Å². The van der Waals surface area contributed by atoms with E-state index < -0.39 is 0 Å². The summed E-state index contributed by atoms with van der Waals surface area (Å²) in [5.41, 5.74) is 8.82. The van der Waals surface area contributed by atoms with Gasteiger partial charge in [-0.2, -0.15) is 5.10 Å². The van der Waals surface area contributed by atoms with Crippen molar-refractivity contribution in [1.82, 2.24) is 9.78 Å². The average Bonchev–Trinajstić information content (AvgIpc) is 2.82. The van der Waals surface area contributed by atoms with E-state index in [1.165, 1.54) is 12.1 Å². The normalized spacial score (nSPS) is 10.6. The lowest BCUT2D eigenvalue weighted by atomic mass is 10.1. The lowest BCUT2D eigenvalue weighted by Crippen LogP contribution is -1.95. The van der Waals surface area contributed by atoms with Crippen molar-refractivity contribution in [1.29, 1.82) is 0 Å². The molecule has 2 aromatic carbocycles. The monoisotopic (exact) mass is 253 g/mol. The summed E-state index contributed by atoms with van der Waals surface area (Å²) in [6.07, 6.45) is 1.69. The van der Waals surface area contributed by atoms with Crippen molar-refractivity contribution < 1.29 is 4.39 Å². The predicted octanol–water partition coefficient (Wildman–Crippen LogP) is 3.26. The molecule has 0 bridgehead atoms. The highest BCUT2D eigenvalue weighted by Crippen LogP contribution is 2.25. The SMILES string of the molecule is Nc1cn(-c2cccc(F)c2)nc1-c1ccccc1. The number of hydrogen-bond acceptors (Lipinski definition) is 2. The molecule has 0 spiro atoms. The van der Waals surface area contributed by atoms with Gasteiger partial charge in [-0.25, -0.2) is 9.07 Å². The third kappa shape index (κ3) is 2.20. The standard InChI is InChI=1S/C15H12FN3/c16-12-7-4-8-13(9-12)19-10-14(17)15(18-19)11-5-2-1-3-6-11/h1-10H,17H2. The van der Waals surface area contributed by atoms with Crippen LogP contribution >= 0.6 is 0 Å². The van der Waals surface area contributed by atoms with E-state index in [-0.39, 0.29) is 5.82 Å². The van der Waals surface area contributed by atoms with Gasteiger partial charge in [-0.15, -0.1) is 0 Å². The van der Waals surface area contributed by atoms with Crippen molar-refractivity contribution in [3.63, 3.8) is 0 Å². The van der Waals surface area contributed by atoms with Crippen LogP contribution in [0.15, 0.2) is 60.8 Å². The summed E-state index contributed by atoms with van der Waals surface area (Å²) in [5, 5.41) is 4.42. The Morgan fingerprint density at radius 2 is 1.79 bits per heavy atom. The van der Waals surface area contributed by atoms with Crippen molar-refractivity contribution in [2.24, 2.45) is 0 Å². The Labute approximate surface area is 110 Å². The van der Waals surface area contributed by atoms with Crippen LogP contribution in [0.2, 0.25) is 0 Å². The molecule has 0 aliphatic carbocycles. The van der Waals surface area contributed by atoms with Gasteiger partial charge in [0.15, 0.2) is 0 Å². The summed E-state index contributed by atoms with van der Waals surface area (Å²) < 4.78 is 14.8. The van der Waals surface area contributed by atoms with E-state index in [9.17, 15) is 4.39 Å². The first kappa shape index (κ1) is 11.5. The lowest BCUT2D eigenvalue weighted by Gasteiger charge is -2.00. The highest BCUT2D eigenvalue weighted by molar-refractivity contribution is 5.72. The predicted molar refractivity (Wildman–Crippen MR) is 73.4 cm³/mol. The summed E-state index contributed by atoms with van der Waals surface area (Å²) in [5.74, 6) is -0.298. The minimum atomic E-state index is -0.298. The molecule has 3 rings (SSSR count). The summed E-state index contributed by atoms with van der Waals surface area (Å²) >= 11 is 0. The molecule has 0 aliphatic rings. The molecule has 0 fully saturated rings. The molecular weight excluding hydrogens is 241 g/mol. The Balaban J connectivity index is 2.07. The first-order valence-electron chi connectivity index (χ1n) is 5.90. The molecule has 19 heavy (non-hydrogen) atoms. The molecule has 0 radical (unpaired) electrons. The van der Waals surface area contributed by atoms with Crippen LogP contribution in [0, 0.1) is 5.82 Å². The number of anilines is 1. The minimum Gasteiger partial charge on any atom is -0.396 e. The van der Waals surface area contributed by atoms with Crippen LogP contribution < -0.4 is 5.73 Å². The molecule has 94 valence electrons. The zero-order valence-corrected chi connectivity index (χ0v) is 10.1. The molecule has 3 aromatic rings. The number of benzene rings is 2. The van der Waals surface area contributed by atoms with Gasteiger partial charge in [-0.3, -0.25) is 0 Å². The van der Waals surface area contributed by atoms with Gasteiger partial charge in [0.05, 0.1) is 17.6 Å². The molecule has 0 saturated heterocycles. The molecule has 0 amide bonds. The zero-order chi connectivity index (χ0) is 13.2. The maximum absolute atomic E-state index is 13.2. The highest BCUT2D eigenvalue weighted by Gasteiger charge is 2.09. The van der Waals surface area contributed by atoms with Gasteiger partial charge in [-0.05, 0) is 18.2 Å². The molecule has 0 aliphatic heterocycles. The maximum atomic E-state index is 13.2. The van der Waals surface area contributed by atoms with Crippen LogP contribution in [0.1, 0.15) is 0 Å². The number of nitrogen functional groups attached to an aromatic ring is 1. The van der Waals surface area contributed by atoms with Crippen LogP contribution in [-0.2, 0) is 0 Å². The van der Waals surface area contributed by atoms with Crippen LogP contribution in [-0.4, -0.2) is 9.78 Å². The van der Waals surface area contributed by atoms with E-state index in [0.29, 0.717) is 17.1 Å². The molecule has 4 heteroatoms. The van der Waals surface area contributed by atoms with Gasteiger partial charge in [0, 0.05) is 5.56 Å². The smallest absolute Gasteiger partial charge is 0.125 e. The third-order valence-corrected chi connectivity index (χ3v) is 2.86. The van der Waals surface area contributed by atoms with Crippen LogP contribution in [0.4, 0.5) is 10.1 Å². The van der Waals surface area contributed by atoms with Gasteiger partial charge in [0.2, 0.25) is 0 Å². The Morgan fingerprint density at radius 1 is 1.00 bits per heavy atom. The van der Waals surface area contributed by atoms with Gasteiger partial charge < -0.3 is 5.73 Å². The quantitative estimate of drug-likeness (QED) is 0.761. The number of nitrogens with two attached hydrogens (primary N) is 1. The summed E-state index contributed by atoms with van der Waals surface area (Å²) in [4.78, 5) is 0. The van der Waals surface area contributed by atoms with E-state index in [1.807, 2.05) is 30.3 Å². The van der Waals surface area contributed by atoms with E-state index in [4.69, 9.17) is 5.73 Å². The molecule has 1 aromatic heterocycles. The van der Waals surface area contributed by atoms with Crippen LogP contribution in [0.3, 0.4) is 0 Å². The van der Waals surface area contributed by atoms with Gasteiger partial charge in [0.1, 0.15) is 11.5 Å². The van der Waals surface area contributed by atoms with Crippen molar-refractivity contribution in [3.05, 3.63) is 66.6 Å². The first-order valence-corrected chi connectivity index (χ1v) is 5.90. The van der Waals surface area contributed by atoms with Crippen molar-refractivity contribution in [3.8, 4) is 16.9 Å². The average molecular weight is 253 g/mol. The molecule has 3 nitrogen and oxygen atoms in total. The number of rotatable bonds is 2. The molecule has 0 atom stereocenters. The lowest BCUT2D eigenvalue weighted by molar-refractivity contribution is 0.625. The molecular formula is C15H12FN3. The van der Waals surface area contributed by atoms with Crippen LogP contribution in [0.5, 0.6) is 0 Å². The second-order valence-corrected chi connectivity index (χ2v) is 4.22. The van der Waals surface area contributed by atoms with Gasteiger partial charge in [-0.1, -0.05) is 36.4 Å². The fraction of sp³-hybridized carbons (Fsp3) is 0. The number of aromatic nitrogens is 2. The second-order valence-electron chi connectivity index (χ2n) is 4.22. The number of halogens is 1. The van der Waals surface area contributed by atoms with Gasteiger partial charge >= 0.3 is 0 Å². The molecule has 0 unspecified atom stereocenters. The third-order valence-electron chi connectivity index (χ3n) is 2.86. The van der Waals surface area contributed by atoms with E-state index >= 15 is 0 Å². The Kier molecular flexibility index (Phi) is 2.76. The van der Waals surface area contributed by atoms with Gasteiger partial charge in [0.25, 0.3) is 0 Å². The largest absolute Gasteiger partial charge is 0.396 e. The molecule has 2 N–H and O–H groups in total. The van der Waals surface area contributed by atoms with Crippen LogP contribution in [0.25, 0.3) is 16.9 Å². The Bertz CT molecular complexity index is 704. The maximum Gasteiger partial charge on any atom is 0.125 e. The minimum absolute atomic E-state index is 0.298. The second kappa shape index (κ2) is 4.57. The van der Waals surface area contributed by atoms with Crippen molar-refractivity contribution >= 4 is 5.69 Å². The summed E-state index contributed by atoms with van der Waals surface area (Å²) in [6.45, 7) is 0. The fourth-order valence-electron chi connectivity index (χ4n) is 1.96. The fourth-order valence-corrected chi connectivity index (χ4v) is 1.96. The molecule has 1 heterocycles. The van der Waals surface area contributed by atoms with Crippen molar-refractivity contribution in [2.45, 2.75) is 0 Å². The van der Waals surface area contributed by atoms with Crippen molar-refractivity contribution in [2.75, 3.05) is 5.73 Å². The summed E-state index contributed by atoms with van der Waals surface area (Å²) in [7, 11) is 0. The zero-order valence-electron chi connectivity index (χ0n) is 10.1. The Hall–Kier alpha value is -2.62. The Morgan fingerprint density at radius 3 is 2.53 bits per heavy atom. The topological polar surface area (TPSA) is 43.8 Å².